The molecule has 0 atom stereocenters. The molecule has 3 heterocycles. The zero-order valence-corrected chi connectivity index (χ0v) is 24.1. The number of likely N-dealkylation sites (N-methyl/N-ethyl adjacent to an activating group) is 2. The molecule has 0 radical (unpaired) electrons. The number of benzene rings is 1. The molecule has 0 amide bonds. The van der Waals surface area contributed by atoms with Crippen LogP contribution in [0, 0.1) is 12.7 Å². The molecule has 1 aromatic carbocycles. The van der Waals surface area contributed by atoms with Crippen LogP contribution in [0.25, 0.3) is 33.4 Å². The molecule has 0 aliphatic carbocycles. The van der Waals surface area contributed by atoms with Crippen LogP contribution in [0.2, 0.25) is 0 Å². The lowest BCUT2D eigenvalue weighted by Gasteiger charge is -2.12. The SMILES string of the molecule is C=C(C(=C)c1nc2c(-c3cc(F)cc(NCCN(C)C)c3)nccc2[nH]1)/C(=C\C=C(/C)c1cnc(C)n1C)NC. The Morgan fingerprint density at radius 2 is 1.95 bits per heavy atom. The molecular formula is C31H37FN8. The number of H-pyrrole nitrogens is 1. The van der Waals surface area contributed by atoms with Crippen molar-refractivity contribution in [2.24, 2.45) is 7.05 Å². The Morgan fingerprint density at radius 1 is 1.18 bits per heavy atom. The van der Waals surface area contributed by atoms with E-state index >= 15 is 0 Å². The minimum absolute atomic E-state index is 0.342. The van der Waals surface area contributed by atoms with Crippen LogP contribution in [0.4, 0.5) is 10.1 Å². The van der Waals surface area contributed by atoms with E-state index in [1.54, 1.807) is 6.20 Å². The molecule has 0 bridgehead atoms. The highest BCUT2D eigenvalue weighted by atomic mass is 19.1. The van der Waals surface area contributed by atoms with Crippen LogP contribution in [-0.2, 0) is 7.05 Å². The van der Waals surface area contributed by atoms with Gasteiger partial charge in [0.1, 0.15) is 23.0 Å². The molecule has 9 heteroatoms. The summed E-state index contributed by atoms with van der Waals surface area (Å²) < 4.78 is 16.6. The van der Waals surface area contributed by atoms with Gasteiger partial charge in [-0.1, -0.05) is 19.2 Å². The highest BCUT2D eigenvalue weighted by Gasteiger charge is 2.16. The summed E-state index contributed by atoms with van der Waals surface area (Å²) in [5.74, 6) is 1.18. The molecule has 0 saturated carbocycles. The van der Waals surface area contributed by atoms with E-state index in [1.807, 2.05) is 77.1 Å². The van der Waals surface area contributed by atoms with Gasteiger partial charge in [0.15, 0.2) is 0 Å². The lowest BCUT2D eigenvalue weighted by atomic mass is 10.0. The third kappa shape index (κ3) is 6.21. The molecule has 0 aliphatic rings. The fourth-order valence-corrected chi connectivity index (χ4v) is 4.34. The van der Waals surface area contributed by atoms with Crippen LogP contribution in [0.5, 0.6) is 0 Å². The molecule has 4 aromatic rings. The number of aromatic nitrogens is 5. The first-order valence-electron chi connectivity index (χ1n) is 13.1. The zero-order chi connectivity index (χ0) is 29.0. The van der Waals surface area contributed by atoms with Crippen LogP contribution in [0.1, 0.15) is 24.3 Å². The Morgan fingerprint density at radius 3 is 2.62 bits per heavy atom. The van der Waals surface area contributed by atoms with Crippen molar-refractivity contribution >= 4 is 27.9 Å². The number of halogens is 1. The summed E-state index contributed by atoms with van der Waals surface area (Å²) in [7, 11) is 7.83. The van der Waals surface area contributed by atoms with Crippen LogP contribution in [-0.4, -0.2) is 63.6 Å². The maximum atomic E-state index is 14.6. The van der Waals surface area contributed by atoms with Gasteiger partial charge in [0, 0.05) is 61.5 Å². The topological polar surface area (TPSA) is 86.7 Å². The van der Waals surface area contributed by atoms with Crippen molar-refractivity contribution in [1.29, 1.82) is 0 Å². The second-order valence-electron chi connectivity index (χ2n) is 9.99. The number of imidazole rings is 2. The molecular weight excluding hydrogens is 503 g/mol. The van der Waals surface area contributed by atoms with E-state index in [1.165, 1.54) is 12.1 Å². The number of pyridine rings is 1. The van der Waals surface area contributed by atoms with Gasteiger partial charge in [-0.2, -0.15) is 0 Å². The number of anilines is 1. The van der Waals surface area contributed by atoms with E-state index in [-0.39, 0.29) is 5.82 Å². The summed E-state index contributed by atoms with van der Waals surface area (Å²) in [5, 5.41) is 6.49. The first-order valence-corrected chi connectivity index (χ1v) is 13.1. The zero-order valence-electron chi connectivity index (χ0n) is 24.1. The quantitative estimate of drug-likeness (QED) is 0.216. The molecule has 40 heavy (non-hydrogen) atoms. The Hall–Kier alpha value is -4.50. The average Bonchev–Trinajstić information content (AvgIpc) is 3.50. The number of hydrogen-bond donors (Lipinski definition) is 3. The van der Waals surface area contributed by atoms with Gasteiger partial charge in [-0.25, -0.2) is 14.4 Å². The first-order chi connectivity index (χ1) is 19.1. The number of aromatic amines is 1. The summed E-state index contributed by atoms with van der Waals surface area (Å²) in [5.41, 5.74) is 7.57. The molecule has 0 aliphatic heterocycles. The van der Waals surface area contributed by atoms with Gasteiger partial charge in [-0.3, -0.25) is 4.98 Å². The van der Waals surface area contributed by atoms with E-state index in [9.17, 15) is 4.39 Å². The molecule has 3 N–H and O–H groups in total. The maximum absolute atomic E-state index is 14.6. The highest BCUT2D eigenvalue weighted by molar-refractivity contribution is 5.92. The Balaban J connectivity index is 1.62. The van der Waals surface area contributed by atoms with Gasteiger partial charge in [0.25, 0.3) is 0 Å². The third-order valence-electron chi connectivity index (χ3n) is 6.83. The second-order valence-corrected chi connectivity index (χ2v) is 9.99. The normalized spacial score (nSPS) is 12.3. The van der Waals surface area contributed by atoms with E-state index < -0.39 is 0 Å². The standard InChI is InChI=1S/C31H37FN8/c1-19(28-18-36-22(4)40(28)8)9-10-26(33-5)20(2)21(3)31-37-27-11-12-35-29(30(27)38-31)23-15-24(32)17-25(16-23)34-13-14-39(6)7/h9-12,15-18,33-34H,2-3,13-14H2,1,4-8H3,(H,37,38)/b19-9+,26-10+. The average molecular weight is 541 g/mol. The molecule has 0 saturated heterocycles. The molecule has 208 valence electrons. The van der Waals surface area contributed by atoms with Crippen LogP contribution in [0.15, 0.2) is 73.2 Å². The van der Waals surface area contributed by atoms with Crippen LogP contribution >= 0.6 is 0 Å². The van der Waals surface area contributed by atoms with Crippen LogP contribution in [0.3, 0.4) is 0 Å². The second kappa shape index (κ2) is 12.1. The van der Waals surface area contributed by atoms with Gasteiger partial charge >= 0.3 is 0 Å². The van der Waals surface area contributed by atoms with E-state index in [0.717, 1.165) is 34.8 Å². The number of rotatable bonds is 11. The molecule has 3 aromatic heterocycles. The van der Waals surface area contributed by atoms with E-state index in [4.69, 9.17) is 4.98 Å². The van der Waals surface area contributed by atoms with Crippen molar-refractivity contribution in [3.63, 3.8) is 0 Å². The number of hydrogen-bond acceptors (Lipinski definition) is 6. The fourth-order valence-electron chi connectivity index (χ4n) is 4.34. The molecule has 0 spiro atoms. The van der Waals surface area contributed by atoms with Crippen molar-refractivity contribution in [1.82, 2.24) is 34.7 Å². The van der Waals surface area contributed by atoms with Gasteiger partial charge < -0.3 is 25.1 Å². The Labute approximate surface area is 235 Å². The lowest BCUT2D eigenvalue weighted by molar-refractivity contribution is 0.425. The Bertz CT molecular complexity index is 1620. The lowest BCUT2D eigenvalue weighted by Crippen LogP contribution is -2.20. The van der Waals surface area contributed by atoms with Crippen molar-refractivity contribution < 1.29 is 4.39 Å². The molecule has 0 fully saturated rings. The fraction of sp³-hybridized carbons (Fsp3) is 0.258. The summed E-state index contributed by atoms with van der Waals surface area (Å²) in [6.45, 7) is 14.1. The monoisotopic (exact) mass is 540 g/mol. The number of fused-ring (bicyclic) bond motifs is 1. The van der Waals surface area contributed by atoms with Gasteiger partial charge in [0.2, 0.25) is 0 Å². The predicted octanol–water partition coefficient (Wildman–Crippen LogP) is 5.56. The summed E-state index contributed by atoms with van der Waals surface area (Å²) in [6, 6.07) is 6.69. The number of nitrogens with one attached hydrogen (secondary N) is 3. The summed E-state index contributed by atoms with van der Waals surface area (Å²) in [4.78, 5) is 19.1. The van der Waals surface area contributed by atoms with Crippen molar-refractivity contribution in [3.8, 4) is 11.3 Å². The van der Waals surface area contributed by atoms with Crippen molar-refractivity contribution in [3.05, 3.63) is 96.4 Å². The first kappa shape index (κ1) is 28.5. The van der Waals surface area contributed by atoms with Crippen molar-refractivity contribution in [2.75, 3.05) is 39.5 Å². The molecule has 4 rings (SSSR count). The number of nitrogens with zero attached hydrogens (tertiary/aromatic N) is 5. The smallest absolute Gasteiger partial charge is 0.138 e. The van der Waals surface area contributed by atoms with Gasteiger partial charge in [-0.05, 0) is 63.9 Å². The minimum Gasteiger partial charge on any atom is -0.388 e. The highest BCUT2D eigenvalue weighted by Crippen LogP contribution is 2.31. The van der Waals surface area contributed by atoms with Crippen LogP contribution < -0.4 is 10.6 Å². The Kier molecular flexibility index (Phi) is 8.64. The summed E-state index contributed by atoms with van der Waals surface area (Å²) in [6.07, 6.45) is 7.55. The van der Waals surface area contributed by atoms with E-state index in [0.29, 0.717) is 46.0 Å². The predicted molar refractivity (Wildman–Crippen MR) is 163 cm³/mol. The minimum atomic E-state index is -0.342. The third-order valence-corrected chi connectivity index (χ3v) is 6.83. The number of allylic oxidation sites excluding steroid dienone is 4. The maximum Gasteiger partial charge on any atom is 0.138 e. The largest absolute Gasteiger partial charge is 0.388 e. The number of aryl methyl sites for hydroxylation is 1. The van der Waals surface area contributed by atoms with Gasteiger partial charge in [-0.15, -0.1) is 0 Å². The molecule has 8 nitrogen and oxygen atoms in total. The van der Waals surface area contributed by atoms with Gasteiger partial charge in [0.05, 0.1) is 23.1 Å². The van der Waals surface area contributed by atoms with E-state index in [2.05, 4.69) is 43.6 Å². The molecule has 0 unspecified atom stereocenters. The summed E-state index contributed by atoms with van der Waals surface area (Å²) >= 11 is 0. The van der Waals surface area contributed by atoms with Crippen molar-refractivity contribution in [2.45, 2.75) is 13.8 Å².